The number of ether oxygens (including phenoxy) is 1. The SMILES string of the molecule is N#CC1=C(N)N(NC(=O)c2ccc(Cl)cc2)C2=C(C(=O)CCC2)C1c1cccc(OCc2ccccc2)c1. The Morgan fingerprint density at radius 1 is 1.08 bits per heavy atom. The number of benzene rings is 3. The second kappa shape index (κ2) is 10.8. The molecular formula is C30H25ClN4O3. The summed E-state index contributed by atoms with van der Waals surface area (Å²) in [6.45, 7) is 0.384. The van der Waals surface area contributed by atoms with E-state index in [4.69, 9.17) is 22.1 Å². The molecule has 1 unspecified atom stereocenters. The number of carbonyl (C=O) groups is 2. The average Bonchev–Trinajstić information content (AvgIpc) is 2.94. The molecule has 0 fully saturated rings. The van der Waals surface area contributed by atoms with Crippen LogP contribution in [0.15, 0.2) is 102 Å². The monoisotopic (exact) mass is 524 g/mol. The highest BCUT2D eigenvalue weighted by molar-refractivity contribution is 6.30. The van der Waals surface area contributed by atoms with E-state index in [1.54, 1.807) is 24.3 Å². The van der Waals surface area contributed by atoms with E-state index >= 15 is 0 Å². The number of nitrogens with zero attached hydrogens (tertiary/aromatic N) is 2. The summed E-state index contributed by atoms with van der Waals surface area (Å²) in [6, 6.07) is 25.8. The van der Waals surface area contributed by atoms with Gasteiger partial charge in [0, 0.05) is 28.3 Å². The number of nitrogens with one attached hydrogen (secondary N) is 1. The van der Waals surface area contributed by atoms with Crippen molar-refractivity contribution in [3.63, 3.8) is 0 Å². The van der Waals surface area contributed by atoms with Gasteiger partial charge in [0.15, 0.2) is 5.78 Å². The molecule has 1 heterocycles. The zero-order valence-corrected chi connectivity index (χ0v) is 21.2. The van der Waals surface area contributed by atoms with Gasteiger partial charge in [-0.3, -0.25) is 15.0 Å². The van der Waals surface area contributed by atoms with Crippen molar-refractivity contribution in [2.75, 3.05) is 0 Å². The maximum absolute atomic E-state index is 13.3. The van der Waals surface area contributed by atoms with Gasteiger partial charge in [-0.05, 0) is 60.4 Å². The lowest BCUT2D eigenvalue weighted by molar-refractivity contribution is -0.116. The first-order valence-corrected chi connectivity index (χ1v) is 12.6. The van der Waals surface area contributed by atoms with Gasteiger partial charge in [-0.15, -0.1) is 0 Å². The maximum Gasteiger partial charge on any atom is 0.270 e. The van der Waals surface area contributed by atoms with Gasteiger partial charge in [0.1, 0.15) is 18.2 Å². The lowest BCUT2D eigenvalue weighted by atomic mass is 9.76. The van der Waals surface area contributed by atoms with Crippen molar-refractivity contribution >= 4 is 23.3 Å². The molecule has 190 valence electrons. The summed E-state index contributed by atoms with van der Waals surface area (Å²) < 4.78 is 6.01. The van der Waals surface area contributed by atoms with Crippen LogP contribution in [-0.2, 0) is 11.4 Å². The first-order valence-electron chi connectivity index (χ1n) is 12.3. The third-order valence-electron chi connectivity index (χ3n) is 6.67. The highest BCUT2D eigenvalue weighted by Crippen LogP contribution is 2.44. The minimum atomic E-state index is -0.660. The van der Waals surface area contributed by atoms with Gasteiger partial charge >= 0.3 is 0 Å². The van der Waals surface area contributed by atoms with E-state index in [9.17, 15) is 14.9 Å². The molecule has 1 aliphatic carbocycles. The Kier molecular flexibility index (Phi) is 7.16. The van der Waals surface area contributed by atoms with E-state index in [2.05, 4.69) is 11.5 Å². The number of nitrogens with two attached hydrogens (primary N) is 1. The maximum atomic E-state index is 13.3. The summed E-state index contributed by atoms with van der Waals surface area (Å²) in [5.41, 5.74) is 12.7. The largest absolute Gasteiger partial charge is 0.489 e. The van der Waals surface area contributed by atoms with Crippen molar-refractivity contribution < 1.29 is 14.3 Å². The third kappa shape index (κ3) is 4.99. The van der Waals surface area contributed by atoms with E-state index in [0.29, 0.717) is 53.5 Å². The normalized spacial score (nSPS) is 17.1. The van der Waals surface area contributed by atoms with Crippen molar-refractivity contribution in [3.8, 4) is 11.8 Å². The molecule has 0 aromatic heterocycles. The Balaban J connectivity index is 1.50. The second-order valence-corrected chi connectivity index (χ2v) is 9.55. The van der Waals surface area contributed by atoms with Crippen LogP contribution < -0.4 is 15.9 Å². The summed E-state index contributed by atoms with van der Waals surface area (Å²) in [4.78, 5) is 26.3. The lowest BCUT2D eigenvalue weighted by Crippen LogP contribution is -2.48. The minimum absolute atomic E-state index is 0.0714. The average molecular weight is 525 g/mol. The highest BCUT2D eigenvalue weighted by Gasteiger charge is 2.40. The number of halogens is 1. The number of nitriles is 1. The number of hydrogen-bond acceptors (Lipinski definition) is 6. The van der Waals surface area contributed by atoms with Gasteiger partial charge < -0.3 is 10.5 Å². The molecular weight excluding hydrogens is 500 g/mol. The van der Waals surface area contributed by atoms with E-state index < -0.39 is 11.8 Å². The van der Waals surface area contributed by atoms with Crippen LogP contribution in [0.1, 0.15) is 46.7 Å². The van der Waals surface area contributed by atoms with Crippen LogP contribution in [0.3, 0.4) is 0 Å². The van der Waals surface area contributed by atoms with Gasteiger partial charge in [0.05, 0.1) is 17.6 Å². The fraction of sp³-hybridized carbons (Fsp3) is 0.167. The summed E-state index contributed by atoms with van der Waals surface area (Å²) in [5, 5.41) is 12.1. The molecule has 5 rings (SSSR count). The number of Topliss-reactive ketones (excluding diaryl/α,β-unsaturated/α-hetero) is 1. The highest BCUT2D eigenvalue weighted by atomic mass is 35.5. The molecule has 3 aromatic carbocycles. The Bertz CT molecular complexity index is 1490. The van der Waals surface area contributed by atoms with Crippen molar-refractivity contribution in [2.45, 2.75) is 31.8 Å². The molecule has 38 heavy (non-hydrogen) atoms. The summed E-state index contributed by atoms with van der Waals surface area (Å²) in [6.07, 6.45) is 1.51. The van der Waals surface area contributed by atoms with Crippen LogP contribution >= 0.6 is 11.6 Å². The fourth-order valence-electron chi connectivity index (χ4n) is 4.84. The predicted molar refractivity (Wildman–Crippen MR) is 143 cm³/mol. The van der Waals surface area contributed by atoms with Gasteiger partial charge in [-0.25, -0.2) is 5.01 Å². The van der Waals surface area contributed by atoms with Crippen molar-refractivity contribution in [1.29, 1.82) is 5.26 Å². The molecule has 1 atom stereocenters. The number of carbonyl (C=O) groups excluding carboxylic acids is 2. The first kappa shape index (κ1) is 25.1. The molecule has 0 bridgehead atoms. The molecule has 7 nitrogen and oxygen atoms in total. The van der Waals surface area contributed by atoms with Gasteiger partial charge in [-0.1, -0.05) is 54.1 Å². The Hall–Kier alpha value is -4.54. The first-order chi connectivity index (χ1) is 18.5. The van der Waals surface area contributed by atoms with Crippen LogP contribution in [-0.4, -0.2) is 16.7 Å². The zero-order chi connectivity index (χ0) is 26.6. The second-order valence-electron chi connectivity index (χ2n) is 9.11. The number of rotatable bonds is 6. The van der Waals surface area contributed by atoms with E-state index in [0.717, 1.165) is 11.1 Å². The molecule has 8 heteroatoms. The number of hydrazine groups is 1. The van der Waals surface area contributed by atoms with Crippen LogP contribution in [0.25, 0.3) is 0 Å². The third-order valence-corrected chi connectivity index (χ3v) is 6.92. The van der Waals surface area contributed by atoms with Gasteiger partial charge in [0.25, 0.3) is 5.91 Å². The zero-order valence-electron chi connectivity index (χ0n) is 20.5. The van der Waals surface area contributed by atoms with E-state index in [1.165, 1.54) is 5.01 Å². The van der Waals surface area contributed by atoms with Crippen molar-refractivity contribution in [3.05, 3.63) is 123 Å². The molecule has 2 aliphatic rings. The molecule has 0 spiro atoms. The minimum Gasteiger partial charge on any atom is -0.489 e. The topological polar surface area (TPSA) is 108 Å². The van der Waals surface area contributed by atoms with Crippen molar-refractivity contribution in [1.82, 2.24) is 10.4 Å². The van der Waals surface area contributed by atoms with Crippen LogP contribution in [0.5, 0.6) is 5.75 Å². The van der Waals surface area contributed by atoms with E-state index in [1.807, 2.05) is 54.6 Å². The lowest BCUT2D eigenvalue weighted by Gasteiger charge is -2.39. The predicted octanol–water partition coefficient (Wildman–Crippen LogP) is 5.36. The van der Waals surface area contributed by atoms with E-state index in [-0.39, 0.29) is 17.2 Å². The molecule has 3 aromatic rings. The molecule has 0 saturated heterocycles. The Morgan fingerprint density at radius 3 is 2.58 bits per heavy atom. The molecule has 1 amide bonds. The smallest absolute Gasteiger partial charge is 0.270 e. The van der Waals surface area contributed by atoms with Gasteiger partial charge in [-0.2, -0.15) is 5.26 Å². The number of ketones is 1. The summed E-state index contributed by atoms with van der Waals surface area (Å²) in [5.74, 6) is -0.457. The van der Waals surface area contributed by atoms with Crippen molar-refractivity contribution in [2.24, 2.45) is 5.73 Å². The molecule has 0 radical (unpaired) electrons. The number of allylic oxidation sites excluding steroid dienone is 3. The van der Waals surface area contributed by atoms with Crippen LogP contribution in [0.4, 0.5) is 0 Å². The summed E-state index contributed by atoms with van der Waals surface area (Å²) in [7, 11) is 0. The molecule has 0 saturated carbocycles. The van der Waals surface area contributed by atoms with Gasteiger partial charge in [0.2, 0.25) is 0 Å². The quantitative estimate of drug-likeness (QED) is 0.449. The number of amides is 1. The Morgan fingerprint density at radius 2 is 1.84 bits per heavy atom. The number of hydrogen-bond donors (Lipinski definition) is 2. The fourth-order valence-corrected chi connectivity index (χ4v) is 4.97. The molecule has 1 aliphatic heterocycles. The van der Waals surface area contributed by atoms with Crippen LogP contribution in [0.2, 0.25) is 5.02 Å². The standard InChI is InChI=1S/C30H25ClN4O3/c31-22-14-12-20(13-15-22)30(37)34-35-25-10-5-11-26(36)28(25)27(24(17-32)29(35)33)21-8-4-9-23(16-21)38-18-19-6-2-1-3-7-19/h1-4,6-9,12-16,27H,5,10-11,18,33H2,(H,34,37). The molecule has 3 N–H and O–H groups in total. The summed E-state index contributed by atoms with van der Waals surface area (Å²) >= 11 is 5.95. The Labute approximate surface area is 225 Å². The van der Waals surface area contributed by atoms with Crippen LogP contribution in [0, 0.1) is 11.3 Å².